The van der Waals surface area contributed by atoms with Gasteiger partial charge in [0.15, 0.2) is 0 Å². The van der Waals surface area contributed by atoms with E-state index in [1.54, 1.807) is 24.4 Å². The van der Waals surface area contributed by atoms with Crippen LogP contribution in [0.1, 0.15) is 31.8 Å². The first-order valence-corrected chi connectivity index (χ1v) is 6.62. The Kier molecular flexibility index (Phi) is 3.66. The third-order valence-electron chi connectivity index (χ3n) is 2.91. The van der Waals surface area contributed by atoms with E-state index in [0.717, 1.165) is 5.56 Å². The van der Waals surface area contributed by atoms with E-state index >= 15 is 0 Å². The van der Waals surface area contributed by atoms with Crippen molar-refractivity contribution in [2.45, 2.75) is 13.8 Å². The van der Waals surface area contributed by atoms with Crippen LogP contribution in [0.5, 0.6) is 0 Å². The summed E-state index contributed by atoms with van der Waals surface area (Å²) < 4.78 is 0. The van der Waals surface area contributed by atoms with Gasteiger partial charge in [-0.15, -0.1) is 0 Å². The lowest BCUT2D eigenvalue weighted by atomic mass is 10.1. The van der Waals surface area contributed by atoms with E-state index < -0.39 is 5.97 Å². The van der Waals surface area contributed by atoms with Gasteiger partial charge in [0.1, 0.15) is 0 Å². The Labute approximate surface area is 114 Å². The summed E-state index contributed by atoms with van der Waals surface area (Å²) >= 11 is 1.46. The molecule has 1 heterocycles. The predicted molar refractivity (Wildman–Crippen MR) is 75.1 cm³/mol. The maximum atomic E-state index is 12.1. The van der Waals surface area contributed by atoms with E-state index in [1.165, 1.54) is 17.4 Å². The van der Waals surface area contributed by atoms with Crippen molar-refractivity contribution in [2.24, 2.45) is 0 Å². The summed E-state index contributed by atoms with van der Waals surface area (Å²) in [5.74, 6) is -1.22. The van der Waals surface area contributed by atoms with Gasteiger partial charge < -0.3 is 10.4 Å². The number of nitrogens with one attached hydrogen (secondary N) is 1. The second-order valence-corrected chi connectivity index (χ2v) is 4.95. The van der Waals surface area contributed by atoms with Crippen molar-refractivity contribution < 1.29 is 14.7 Å². The van der Waals surface area contributed by atoms with E-state index in [2.05, 4.69) is 5.32 Å². The van der Waals surface area contributed by atoms with Gasteiger partial charge in [-0.1, -0.05) is 6.07 Å². The number of carbonyl (C=O) groups excluding carboxylic acids is 1. The number of carboxylic acids is 1. The lowest BCUT2D eigenvalue weighted by Gasteiger charge is -2.10. The van der Waals surface area contributed by atoms with E-state index in [1.807, 2.05) is 12.3 Å². The third kappa shape index (κ3) is 2.66. The molecule has 2 aromatic rings. The van der Waals surface area contributed by atoms with Gasteiger partial charge in [0.25, 0.3) is 5.91 Å². The molecule has 0 fully saturated rings. The van der Waals surface area contributed by atoms with Crippen LogP contribution >= 0.6 is 11.3 Å². The molecule has 0 unspecified atom stereocenters. The molecule has 0 radical (unpaired) electrons. The van der Waals surface area contributed by atoms with Gasteiger partial charge >= 0.3 is 5.97 Å². The number of carbonyl (C=O) groups is 2. The minimum absolute atomic E-state index is 0.194. The summed E-state index contributed by atoms with van der Waals surface area (Å²) in [4.78, 5) is 23.1. The molecule has 1 aromatic carbocycles. The van der Waals surface area contributed by atoms with Crippen LogP contribution in [0, 0.1) is 13.8 Å². The number of hydrogen-bond acceptors (Lipinski definition) is 3. The second-order valence-electron chi connectivity index (χ2n) is 4.21. The Morgan fingerprint density at radius 1 is 1.16 bits per heavy atom. The molecule has 0 aliphatic heterocycles. The lowest BCUT2D eigenvalue weighted by molar-refractivity contribution is 0.0695. The van der Waals surface area contributed by atoms with Gasteiger partial charge in [0.05, 0.1) is 11.1 Å². The van der Waals surface area contributed by atoms with Crippen molar-refractivity contribution in [3.63, 3.8) is 0 Å². The van der Waals surface area contributed by atoms with Crippen molar-refractivity contribution in [2.75, 3.05) is 5.32 Å². The molecular formula is C14H13NO3S. The Morgan fingerprint density at radius 3 is 2.47 bits per heavy atom. The fourth-order valence-corrected chi connectivity index (χ4v) is 2.61. The number of aromatic carboxylic acids is 1. The fraction of sp³-hybridized carbons (Fsp3) is 0.143. The molecule has 0 bridgehead atoms. The van der Waals surface area contributed by atoms with Crippen molar-refractivity contribution in [3.05, 3.63) is 51.2 Å². The van der Waals surface area contributed by atoms with Crippen molar-refractivity contribution in [1.29, 1.82) is 0 Å². The first-order chi connectivity index (χ1) is 9.00. The summed E-state index contributed by atoms with van der Waals surface area (Å²) in [6.07, 6.45) is 0. The van der Waals surface area contributed by atoms with Gasteiger partial charge in [-0.05, 0) is 42.5 Å². The lowest BCUT2D eigenvalue weighted by Crippen LogP contribution is -2.14. The zero-order valence-electron chi connectivity index (χ0n) is 10.6. The summed E-state index contributed by atoms with van der Waals surface area (Å²) in [6.45, 7) is 3.55. The van der Waals surface area contributed by atoms with Crippen LogP contribution in [0.25, 0.3) is 0 Å². The highest BCUT2D eigenvalue weighted by molar-refractivity contribution is 7.08. The maximum Gasteiger partial charge on any atom is 0.336 e. The number of benzene rings is 1. The Balaban J connectivity index is 2.30. The smallest absolute Gasteiger partial charge is 0.336 e. The summed E-state index contributed by atoms with van der Waals surface area (Å²) in [7, 11) is 0. The molecule has 0 spiro atoms. The van der Waals surface area contributed by atoms with Gasteiger partial charge in [0, 0.05) is 11.1 Å². The average Bonchev–Trinajstić information content (AvgIpc) is 2.77. The maximum absolute atomic E-state index is 12.1. The molecule has 0 saturated heterocycles. The SMILES string of the molecule is Cc1cscc1C(=O)Nc1cccc(C(=O)O)c1C. The van der Waals surface area contributed by atoms with Crippen LogP contribution in [0.2, 0.25) is 0 Å². The second kappa shape index (κ2) is 5.24. The minimum Gasteiger partial charge on any atom is -0.478 e. The van der Waals surface area contributed by atoms with Crippen LogP contribution in [0.15, 0.2) is 29.0 Å². The molecule has 0 aliphatic rings. The highest BCUT2D eigenvalue weighted by Crippen LogP contribution is 2.21. The quantitative estimate of drug-likeness (QED) is 0.903. The molecule has 5 heteroatoms. The number of anilines is 1. The summed E-state index contributed by atoms with van der Waals surface area (Å²) in [5, 5.41) is 15.5. The summed E-state index contributed by atoms with van der Waals surface area (Å²) in [6, 6.07) is 4.83. The average molecular weight is 275 g/mol. The molecule has 2 N–H and O–H groups in total. The zero-order valence-corrected chi connectivity index (χ0v) is 11.4. The predicted octanol–water partition coefficient (Wildman–Crippen LogP) is 3.32. The van der Waals surface area contributed by atoms with Gasteiger partial charge in [-0.3, -0.25) is 4.79 Å². The highest BCUT2D eigenvalue weighted by atomic mass is 32.1. The number of hydrogen-bond donors (Lipinski definition) is 2. The topological polar surface area (TPSA) is 66.4 Å². The van der Waals surface area contributed by atoms with E-state index in [0.29, 0.717) is 16.8 Å². The van der Waals surface area contributed by atoms with Crippen molar-refractivity contribution in [1.82, 2.24) is 0 Å². The minimum atomic E-state index is -1.000. The van der Waals surface area contributed by atoms with E-state index in [-0.39, 0.29) is 11.5 Å². The molecule has 0 atom stereocenters. The third-order valence-corrected chi connectivity index (χ3v) is 3.77. The van der Waals surface area contributed by atoms with Crippen molar-refractivity contribution >= 4 is 28.9 Å². The number of rotatable bonds is 3. The standard InChI is InChI=1S/C14H13NO3S/c1-8-6-19-7-11(8)13(16)15-12-5-3-4-10(9(12)2)14(17)18/h3-7H,1-2H3,(H,15,16)(H,17,18). The van der Waals surface area contributed by atoms with Crippen LogP contribution in [0.3, 0.4) is 0 Å². The van der Waals surface area contributed by atoms with Crippen LogP contribution < -0.4 is 5.32 Å². The van der Waals surface area contributed by atoms with Crippen LogP contribution in [-0.2, 0) is 0 Å². The van der Waals surface area contributed by atoms with Gasteiger partial charge in [-0.25, -0.2) is 4.79 Å². The van der Waals surface area contributed by atoms with Crippen LogP contribution in [-0.4, -0.2) is 17.0 Å². The first kappa shape index (κ1) is 13.3. The molecule has 98 valence electrons. The Morgan fingerprint density at radius 2 is 1.89 bits per heavy atom. The van der Waals surface area contributed by atoms with E-state index in [9.17, 15) is 9.59 Å². The Hall–Kier alpha value is -2.14. The summed E-state index contributed by atoms with van der Waals surface area (Å²) in [5.41, 5.74) is 2.80. The van der Waals surface area contributed by atoms with Gasteiger partial charge in [-0.2, -0.15) is 11.3 Å². The van der Waals surface area contributed by atoms with Crippen molar-refractivity contribution in [3.8, 4) is 0 Å². The highest BCUT2D eigenvalue weighted by Gasteiger charge is 2.14. The fourth-order valence-electron chi connectivity index (χ4n) is 1.79. The molecule has 2 rings (SSSR count). The zero-order chi connectivity index (χ0) is 14.0. The number of aryl methyl sites for hydroxylation is 1. The molecule has 0 saturated carbocycles. The number of carboxylic acid groups (broad SMARTS) is 1. The van der Waals surface area contributed by atoms with E-state index in [4.69, 9.17) is 5.11 Å². The monoisotopic (exact) mass is 275 g/mol. The molecular weight excluding hydrogens is 262 g/mol. The number of amides is 1. The van der Waals surface area contributed by atoms with Crippen LogP contribution in [0.4, 0.5) is 5.69 Å². The molecule has 0 aliphatic carbocycles. The molecule has 1 amide bonds. The first-order valence-electron chi connectivity index (χ1n) is 5.67. The normalized spacial score (nSPS) is 10.2. The number of thiophene rings is 1. The van der Waals surface area contributed by atoms with Gasteiger partial charge in [0.2, 0.25) is 0 Å². The molecule has 4 nitrogen and oxygen atoms in total. The molecule has 1 aromatic heterocycles. The largest absolute Gasteiger partial charge is 0.478 e. The Bertz CT molecular complexity index is 646. The molecule has 19 heavy (non-hydrogen) atoms.